The topological polar surface area (TPSA) is 72.3 Å². The van der Waals surface area contributed by atoms with Crippen LogP contribution in [0.1, 0.15) is 24.6 Å². The van der Waals surface area contributed by atoms with Crippen LogP contribution in [-0.4, -0.2) is 53.3 Å². The number of methoxy groups -OCH3 is 1. The summed E-state index contributed by atoms with van der Waals surface area (Å²) in [7, 11) is 5.62. The third-order valence-corrected chi connectivity index (χ3v) is 3.81. The monoisotopic (exact) mass is 317 g/mol. The van der Waals surface area contributed by atoms with Crippen molar-refractivity contribution in [3.63, 3.8) is 0 Å². The predicted octanol–water partition coefficient (Wildman–Crippen LogP) is 1.27. The second kappa shape index (κ2) is 7.73. The summed E-state index contributed by atoms with van der Waals surface area (Å²) < 4.78 is 6.72. The van der Waals surface area contributed by atoms with E-state index in [9.17, 15) is 4.79 Å². The number of carbonyl (C=O) groups is 1. The Balaban J connectivity index is 2.00. The first-order chi connectivity index (χ1) is 11.0. The maximum absolute atomic E-state index is 12.3. The van der Waals surface area contributed by atoms with Crippen LogP contribution in [0.25, 0.3) is 0 Å². The SMILES string of the molecule is COc1ccc([C@@H](CNC(=O)[C@@H](C)n2cncn2)N(C)C)cc1. The highest BCUT2D eigenvalue weighted by molar-refractivity contribution is 5.79. The Bertz CT molecular complexity index is 610. The van der Waals surface area contributed by atoms with E-state index in [1.54, 1.807) is 14.0 Å². The van der Waals surface area contributed by atoms with E-state index in [1.165, 1.54) is 17.3 Å². The molecule has 0 spiro atoms. The largest absolute Gasteiger partial charge is 0.497 e. The van der Waals surface area contributed by atoms with E-state index in [-0.39, 0.29) is 11.9 Å². The Morgan fingerprint density at radius 2 is 2.04 bits per heavy atom. The Labute approximate surface area is 136 Å². The van der Waals surface area contributed by atoms with E-state index in [2.05, 4.69) is 20.3 Å². The van der Waals surface area contributed by atoms with Crippen LogP contribution in [0.5, 0.6) is 5.75 Å². The van der Waals surface area contributed by atoms with Crippen LogP contribution in [-0.2, 0) is 4.79 Å². The molecule has 0 saturated carbocycles. The molecule has 23 heavy (non-hydrogen) atoms. The zero-order chi connectivity index (χ0) is 16.8. The number of nitrogens with zero attached hydrogens (tertiary/aromatic N) is 4. The highest BCUT2D eigenvalue weighted by Gasteiger charge is 2.19. The Hall–Kier alpha value is -2.41. The molecule has 0 fully saturated rings. The number of rotatable bonds is 7. The summed E-state index contributed by atoms with van der Waals surface area (Å²) in [6.45, 7) is 2.30. The fraction of sp³-hybridized carbons (Fsp3) is 0.438. The molecule has 0 unspecified atom stereocenters. The Kier molecular flexibility index (Phi) is 5.70. The lowest BCUT2D eigenvalue weighted by Crippen LogP contribution is -2.37. The van der Waals surface area contributed by atoms with Gasteiger partial charge in [0.1, 0.15) is 24.4 Å². The molecule has 2 aromatic rings. The maximum atomic E-state index is 12.3. The highest BCUT2D eigenvalue weighted by atomic mass is 16.5. The molecule has 2 atom stereocenters. The summed E-state index contributed by atoms with van der Waals surface area (Å²) >= 11 is 0. The van der Waals surface area contributed by atoms with Gasteiger partial charge in [-0.05, 0) is 38.7 Å². The van der Waals surface area contributed by atoms with Gasteiger partial charge in [0.2, 0.25) is 5.91 Å². The molecule has 1 heterocycles. The van der Waals surface area contributed by atoms with E-state index in [1.807, 2.05) is 38.4 Å². The average molecular weight is 317 g/mol. The molecule has 1 aromatic carbocycles. The molecule has 0 aliphatic heterocycles. The van der Waals surface area contributed by atoms with Crippen LogP contribution in [0.15, 0.2) is 36.9 Å². The lowest BCUT2D eigenvalue weighted by molar-refractivity contribution is -0.124. The van der Waals surface area contributed by atoms with Crippen molar-refractivity contribution in [3.8, 4) is 5.75 Å². The van der Waals surface area contributed by atoms with Crippen molar-refractivity contribution in [1.29, 1.82) is 0 Å². The van der Waals surface area contributed by atoms with E-state index in [0.717, 1.165) is 11.3 Å². The summed E-state index contributed by atoms with van der Waals surface area (Å²) in [5, 5.41) is 6.98. The number of ether oxygens (including phenoxy) is 1. The molecule has 0 aliphatic carbocycles. The number of aromatic nitrogens is 3. The number of likely N-dealkylation sites (N-methyl/N-ethyl adjacent to an activating group) is 1. The minimum absolute atomic E-state index is 0.0767. The van der Waals surface area contributed by atoms with Crippen LogP contribution >= 0.6 is 0 Å². The van der Waals surface area contributed by atoms with Crippen LogP contribution in [0, 0.1) is 0 Å². The first-order valence-corrected chi connectivity index (χ1v) is 7.45. The van der Waals surface area contributed by atoms with Crippen molar-refractivity contribution >= 4 is 5.91 Å². The molecular weight excluding hydrogens is 294 g/mol. The van der Waals surface area contributed by atoms with Gasteiger partial charge in [0.15, 0.2) is 0 Å². The van der Waals surface area contributed by atoms with Gasteiger partial charge in [0.25, 0.3) is 0 Å². The van der Waals surface area contributed by atoms with Gasteiger partial charge in [0.05, 0.1) is 13.2 Å². The zero-order valence-electron chi connectivity index (χ0n) is 13.9. The number of hydrogen-bond donors (Lipinski definition) is 1. The van der Waals surface area contributed by atoms with E-state index >= 15 is 0 Å². The Morgan fingerprint density at radius 1 is 1.35 bits per heavy atom. The van der Waals surface area contributed by atoms with Crippen LogP contribution in [0.2, 0.25) is 0 Å². The second-order valence-electron chi connectivity index (χ2n) is 5.55. The molecule has 124 valence electrons. The summed E-state index contributed by atoms with van der Waals surface area (Å²) in [5.74, 6) is 0.728. The lowest BCUT2D eigenvalue weighted by Gasteiger charge is -2.26. The quantitative estimate of drug-likeness (QED) is 0.832. The molecule has 1 amide bonds. The van der Waals surface area contributed by atoms with Crippen molar-refractivity contribution in [2.24, 2.45) is 0 Å². The summed E-state index contributed by atoms with van der Waals surface area (Å²) in [6, 6.07) is 7.55. The number of carbonyl (C=O) groups excluding carboxylic acids is 1. The Morgan fingerprint density at radius 3 is 2.57 bits per heavy atom. The molecule has 2 rings (SSSR count). The molecule has 0 radical (unpaired) electrons. The zero-order valence-corrected chi connectivity index (χ0v) is 13.9. The van der Waals surface area contributed by atoms with Gasteiger partial charge in [-0.15, -0.1) is 0 Å². The van der Waals surface area contributed by atoms with Crippen molar-refractivity contribution in [2.75, 3.05) is 27.7 Å². The minimum Gasteiger partial charge on any atom is -0.497 e. The van der Waals surface area contributed by atoms with E-state index in [4.69, 9.17) is 4.74 Å². The average Bonchev–Trinajstić information content (AvgIpc) is 3.08. The molecule has 1 N–H and O–H groups in total. The number of benzene rings is 1. The van der Waals surface area contributed by atoms with Crippen LogP contribution in [0.3, 0.4) is 0 Å². The molecule has 0 aliphatic rings. The molecule has 7 nitrogen and oxygen atoms in total. The van der Waals surface area contributed by atoms with Crippen molar-refractivity contribution < 1.29 is 9.53 Å². The highest BCUT2D eigenvalue weighted by Crippen LogP contribution is 2.20. The van der Waals surface area contributed by atoms with Gasteiger partial charge in [-0.3, -0.25) is 4.79 Å². The number of hydrogen-bond acceptors (Lipinski definition) is 5. The van der Waals surface area contributed by atoms with Gasteiger partial charge in [-0.25, -0.2) is 9.67 Å². The second-order valence-corrected chi connectivity index (χ2v) is 5.55. The molecule has 7 heteroatoms. The first kappa shape index (κ1) is 17.0. The molecule has 1 aromatic heterocycles. The normalized spacial score (nSPS) is 13.6. The van der Waals surface area contributed by atoms with Gasteiger partial charge >= 0.3 is 0 Å². The van der Waals surface area contributed by atoms with Gasteiger partial charge in [-0.1, -0.05) is 12.1 Å². The van der Waals surface area contributed by atoms with Crippen molar-refractivity contribution in [3.05, 3.63) is 42.5 Å². The minimum atomic E-state index is -0.392. The molecule has 0 bridgehead atoms. The van der Waals surface area contributed by atoms with Gasteiger partial charge in [0, 0.05) is 6.54 Å². The van der Waals surface area contributed by atoms with Crippen LogP contribution < -0.4 is 10.1 Å². The van der Waals surface area contributed by atoms with Crippen molar-refractivity contribution in [1.82, 2.24) is 25.0 Å². The summed E-state index contributed by atoms with van der Waals surface area (Å²) in [6.07, 6.45) is 2.96. The number of nitrogens with one attached hydrogen (secondary N) is 1. The predicted molar refractivity (Wildman–Crippen MR) is 87.2 cm³/mol. The third-order valence-electron chi connectivity index (χ3n) is 3.81. The fourth-order valence-electron chi connectivity index (χ4n) is 2.31. The fourth-order valence-corrected chi connectivity index (χ4v) is 2.31. The molecular formula is C16H23N5O2. The maximum Gasteiger partial charge on any atom is 0.244 e. The van der Waals surface area contributed by atoms with Gasteiger partial charge in [-0.2, -0.15) is 5.10 Å². The third kappa shape index (κ3) is 4.29. The lowest BCUT2D eigenvalue weighted by atomic mass is 10.1. The first-order valence-electron chi connectivity index (χ1n) is 7.45. The van der Waals surface area contributed by atoms with E-state index < -0.39 is 6.04 Å². The number of amides is 1. The van der Waals surface area contributed by atoms with Crippen molar-refractivity contribution in [2.45, 2.75) is 19.0 Å². The standard InChI is InChI=1S/C16H23N5O2/c1-12(21-11-17-10-19-21)16(22)18-9-15(20(2)3)13-5-7-14(23-4)8-6-13/h5-8,10-12,15H,9H2,1-4H3,(H,18,22)/t12-,15-/m1/s1. The van der Waals surface area contributed by atoms with Crippen LogP contribution in [0.4, 0.5) is 0 Å². The smallest absolute Gasteiger partial charge is 0.244 e. The van der Waals surface area contributed by atoms with Gasteiger partial charge < -0.3 is 15.0 Å². The summed E-state index contributed by atoms with van der Waals surface area (Å²) in [4.78, 5) is 18.2. The molecule has 0 saturated heterocycles. The van der Waals surface area contributed by atoms with E-state index in [0.29, 0.717) is 6.54 Å². The summed E-state index contributed by atoms with van der Waals surface area (Å²) in [5.41, 5.74) is 1.12.